The Bertz CT molecular complexity index is 680. The summed E-state index contributed by atoms with van der Waals surface area (Å²) in [6, 6.07) is 17.0. The van der Waals surface area contributed by atoms with E-state index < -0.39 is 0 Å². The van der Waals surface area contributed by atoms with E-state index >= 15 is 0 Å². The van der Waals surface area contributed by atoms with Crippen LogP contribution in [0.1, 0.15) is 105 Å². The first kappa shape index (κ1) is 29.0. The molecule has 0 saturated heterocycles. The number of benzene rings is 2. The minimum Gasteiger partial charge on any atom is -0.491 e. The highest BCUT2D eigenvalue weighted by Crippen LogP contribution is 2.38. The van der Waals surface area contributed by atoms with E-state index in [1.165, 1.54) is 74.0 Å². The molecule has 2 atom stereocenters. The van der Waals surface area contributed by atoms with Crippen molar-refractivity contribution in [2.75, 3.05) is 0 Å². The number of hydrogen-bond donors (Lipinski definition) is 0. The summed E-state index contributed by atoms with van der Waals surface area (Å²) in [6.07, 6.45) is 16.0. The average Bonchev–Trinajstić information content (AvgIpc) is 2.84. The third-order valence-corrected chi connectivity index (χ3v) is 8.40. The molecule has 0 bridgehead atoms. The third kappa shape index (κ3) is 13.0. The summed E-state index contributed by atoms with van der Waals surface area (Å²) in [4.78, 5) is 2.48. The zero-order valence-corrected chi connectivity index (χ0v) is 23.5. The highest BCUT2D eigenvalue weighted by atomic mass is 33.1. The Labute approximate surface area is 217 Å². The number of rotatable bonds is 19. The Hall–Kier alpha value is -1.26. The van der Waals surface area contributed by atoms with E-state index in [0.717, 1.165) is 24.3 Å². The summed E-state index contributed by atoms with van der Waals surface area (Å²) in [5.74, 6) is 1.94. The van der Waals surface area contributed by atoms with Gasteiger partial charge in [0.15, 0.2) is 0 Å². The van der Waals surface area contributed by atoms with Gasteiger partial charge in [-0.15, -0.1) is 0 Å². The molecule has 2 rings (SSSR count). The van der Waals surface area contributed by atoms with Crippen LogP contribution in [0.4, 0.5) is 0 Å². The quantitative estimate of drug-likeness (QED) is 0.140. The van der Waals surface area contributed by atoms with Crippen LogP contribution >= 0.6 is 21.6 Å². The molecular formula is C30H46O2S2. The number of ether oxygens (including phenoxy) is 2. The minimum atomic E-state index is 0.277. The lowest BCUT2D eigenvalue weighted by molar-refractivity contribution is 0.206. The van der Waals surface area contributed by atoms with Crippen molar-refractivity contribution in [1.82, 2.24) is 0 Å². The summed E-state index contributed by atoms with van der Waals surface area (Å²) in [5, 5.41) is 0. The standard InChI is InChI=1S/C30H46O2S2/c1-5-7-9-11-13-15-25(3)31-27-17-21-29(22-18-27)33-34-30-23-19-28(20-24-30)32-26(4)16-14-12-10-8-6-2/h17-26H,5-16H2,1-4H3. The van der Waals surface area contributed by atoms with E-state index in [1.807, 2.05) is 0 Å². The van der Waals surface area contributed by atoms with Gasteiger partial charge in [0.2, 0.25) is 0 Å². The zero-order chi connectivity index (χ0) is 24.4. The van der Waals surface area contributed by atoms with Crippen molar-refractivity contribution >= 4 is 21.6 Å². The molecule has 0 aromatic heterocycles. The lowest BCUT2D eigenvalue weighted by atomic mass is 10.1. The second kappa shape index (κ2) is 18.1. The molecule has 0 fully saturated rings. The maximum atomic E-state index is 6.10. The van der Waals surface area contributed by atoms with Gasteiger partial charge in [-0.3, -0.25) is 0 Å². The van der Waals surface area contributed by atoms with Crippen molar-refractivity contribution in [2.24, 2.45) is 0 Å². The molecule has 2 aromatic rings. The lowest BCUT2D eigenvalue weighted by Crippen LogP contribution is -2.11. The predicted octanol–water partition coefficient (Wildman–Crippen LogP) is 10.7. The van der Waals surface area contributed by atoms with Crippen LogP contribution in [0, 0.1) is 0 Å². The van der Waals surface area contributed by atoms with Gasteiger partial charge in [0.1, 0.15) is 11.5 Å². The van der Waals surface area contributed by atoms with E-state index in [4.69, 9.17) is 9.47 Å². The summed E-state index contributed by atoms with van der Waals surface area (Å²) < 4.78 is 12.2. The molecule has 0 amide bonds. The van der Waals surface area contributed by atoms with Gasteiger partial charge in [0, 0.05) is 9.79 Å². The number of hydrogen-bond acceptors (Lipinski definition) is 4. The molecule has 0 aliphatic heterocycles. The molecule has 2 aromatic carbocycles. The van der Waals surface area contributed by atoms with Crippen molar-refractivity contribution in [1.29, 1.82) is 0 Å². The van der Waals surface area contributed by atoms with Crippen LogP contribution < -0.4 is 9.47 Å². The van der Waals surface area contributed by atoms with Gasteiger partial charge in [-0.2, -0.15) is 0 Å². The average molecular weight is 503 g/mol. The Morgan fingerprint density at radius 3 is 1.24 bits per heavy atom. The molecule has 190 valence electrons. The van der Waals surface area contributed by atoms with Gasteiger partial charge in [-0.1, -0.05) is 86.8 Å². The van der Waals surface area contributed by atoms with E-state index in [0.29, 0.717) is 0 Å². The van der Waals surface area contributed by atoms with Gasteiger partial charge >= 0.3 is 0 Å². The third-order valence-electron chi connectivity index (χ3n) is 5.98. The minimum absolute atomic E-state index is 0.277. The molecule has 2 nitrogen and oxygen atoms in total. The van der Waals surface area contributed by atoms with Crippen LogP contribution in [0.2, 0.25) is 0 Å². The second-order valence-electron chi connectivity index (χ2n) is 9.37. The Morgan fingerprint density at radius 1 is 0.529 bits per heavy atom. The van der Waals surface area contributed by atoms with Gasteiger partial charge < -0.3 is 9.47 Å². The fourth-order valence-electron chi connectivity index (χ4n) is 3.90. The van der Waals surface area contributed by atoms with Crippen molar-refractivity contribution in [3.63, 3.8) is 0 Å². The molecule has 0 spiro atoms. The predicted molar refractivity (Wildman–Crippen MR) is 152 cm³/mol. The van der Waals surface area contributed by atoms with Crippen LogP contribution in [0.15, 0.2) is 58.3 Å². The Balaban J connectivity index is 1.66. The second-order valence-corrected chi connectivity index (χ2v) is 11.6. The molecule has 0 N–H and O–H groups in total. The molecular weight excluding hydrogens is 456 g/mol. The van der Waals surface area contributed by atoms with Gasteiger partial charge in [-0.25, -0.2) is 0 Å². The van der Waals surface area contributed by atoms with Crippen LogP contribution in [0.3, 0.4) is 0 Å². The monoisotopic (exact) mass is 502 g/mol. The lowest BCUT2D eigenvalue weighted by Gasteiger charge is -2.15. The fourth-order valence-corrected chi connectivity index (χ4v) is 5.83. The maximum Gasteiger partial charge on any atom is 0.119 e. The first-order valence-electron chi connectivity index (χ1n) is 13.5. The van der Waals surface area contributed by atoms with Crippen molar-refractivity contribution < 1.29 is 9.47 Å². The van der Waals surface area contributed by atoms with Gasteiger partial charge in [0.05, 0.1) is 12.2 Å². The van der Waals surface area contributed by atoms with Crippen molar-refractivity contribution in [2.45, 2.75) is 127 Å². The van der Waals surface area contributed by atoms with E-state index in [1.54, 1.807) is 21.6 Å². The van der Waals surface area contributed by atoms with Crippen molar-refractivity contribution in [3.05, 3.63) is 48.5 Å². The normalized spacial score (nSPS) is 12.9. The van der Waals surface area contributed by atoms with E-state index in [2.05, 4.69) is 76.2 Å². The van der Waals surface area contributed by atoms with Crippen molar-refractivity contribution in [3.8, 4) is 11.5 Å². The molecule has 0 heterocycles. The molecule has 4 heteroatoms. The summed E-state index contributed by atoms with van der Waals surface area (Å²) in [6.45, 7) is 8.88. The molecule has 0 radical (unpaired) electrons. The highest BCUT2D eigenvalue weighted by molar-refractivity contribution is 8.76. The topological polar surface area (TPSA) is 18.5 Å². The zero-order valence-electron chi connectivity index (χ0n) is 21.9. The van der Waals surface area contributed by atoms with Crippen LogP contribution in [0.25, 0.3) is 0 Å². The van der Waals surface area contributed by atoms with E-state index in [-0.39, 0.29) is 12.2 Å². The Kier molecular flexibility index (Phi) is 15.4. The number of unbranched alkanes of at least 4 members (excludes halogenated alkanes) is 8. The van der Waals surface area contributed by atoms with Gasteiger partial charge in [0.25, 0.3) is 0 Å². The maximum absolute atomic E-state index is 6.10. The van der Waals surface area contributed by atoms with E-state index in [9.17, 15) is 0 Å². The summed E-state index contributed by atoms with van der Waals surface area (Å²) in [7, 11) is 3.56. The molecule has 0 aliphatic carbocycles. The Morgan fingerprint density at radius 2 is 0.882 bits per heavy atom. The van der Waals surface area contributed by atoms with Crippen LogP contribution in [-0.2, 0) is 0 Å². The largest absolute Gasteiger partial charge is 0.491 e. The fraction of sp³-hybridized carbons (Fsp3) is 0.600. The molecule has 0 aliphatic rings. The first-order chi connectivity index (χ1) is 16.6. The van der Waals surface area contributed by atoms with Crippen LogP contribution in [0.5, 0.6) is 11.5 Å². The summed E-state index contributed by atoms with van der Waals surface area (Å²) in [5.41, 5.74) is 0. The SMILES string of the molecule is CCCCCCCC(C)Oc1ccc(SSc2ccc(OC(C)CCCCCCC)cc2)cc1. The van der Waals surface area contributed by atoms with Crippen LogP contribution in [-0.4, -0.2) is 12.2 Å². The summed E-state index contributed by atoms with van der Waals surface area (Å²) >= 11 is 0. The first-order valence-corrected chi connectivity index (χ1v) is 15.6. The highest BCUT2D eigenvalue weighted by Gasteiger charge is 2.07. The van der Waals surface area contributed by atoms with Gasteiger partial charge in [-0.05, 0) is 88.1 Å². The molecule has 34 heavy (non-hydrogen) atoms. The molecule has 2 unspecified atom stereocenters. The molecule has 0 saturated carbocycles. The smallest absolute Gasteiger partial charge is 0.119 e.